The van der Waals surface area contributed by atoms with E-state index in [-0.39, 0.29) is 5.54 Å². The minimum atomic E-state index is 0.151. The molecule has 12 heavy (non-hydrogen) atoms. The van der Waals surface area contributed by atoms with Gasteiger partial charge in [-0.2, -0.15) is 0 Å². The molecule has 1 aromatic heterocycles. The highest BCUT2D eigenvalue weighted by Crippen LogP contribution is 2.63. The van der Waals surface area contributed by atoms with Crippen LogP contribution >= 0.6 is 0 Å². The fraction of sp³-hybridized carbons (Fsp3) is 0.600. The van der Waals surface area contributed by atoms with Crippen LogP contribution in [-0.4, -0.2) is 10.5 Å². The van der Waals surface area contributed by atoms with Gasteiger partial charge < -0.3 is 10.7 Å². The van der Waals surface area contributed by atoms with Crippen LogP contribution in [0.5, 0.6) is 0 Å². The molecular weight excluding hydrogens is 148 g/mol. The predicted molar refractivity (Wildman–Crippen MR) is 47.9 cm³/mol. The Morgan fingerprint density at radius 2 is 2.00 bits per heavy atom. The van der Waals surface area contributed by atoms with Crippen molar-refractivity contribution >= 4 is 0 Å². The highest BCUT2D eigenvalue weighted by atomic mass is 14.9. The molecule has 3 rings (SSSR count). The third-order valence-electron chi connectivity index (χ3n) is 3.61. The van der Waals surface area contributed by atoms with Crippen molar-refractivity contribution < 1.29 is 0 Å². The van der Waals surface area contributed by atoms with Gasteiger partial charge in [0.15, 0.2) is 0 Å². The maximum absolute atomic E-state index is 6.26. The van der Waals surface area contributed by atoms with Crippen LogP contribution in [0.2, 0.25) is 0 Å². The van der Waals surface area contributed by atoms with Gasteiger partial charge in [0.25, 0.3) is 0 Å². The van der Waals surface area contributed by atoms with E-state index in [4.69, 9.17) is 5.73 Å². The first-order chi connectivity index (χ1) is 5.77. The van der Waals surface area contributed by atoms with E-state index in [0.717, 1.165) is 0 Å². The lowest BCUT2D eigenvalue weighted by Gasteiger charge is -2.21. The monoisotopic (exact) mass is 162 g/mol. The van der Waals surface area contributed by atoms with E-state index in [0.29, 0.717) is 5.41 Å². The van der Waals surface area contributed by atoms with Gasteiger partial charge in [-0.15, -0.1) is 0 Å². The Kier molecular flexibility index (Phi) is 0.990. The molecule has 0 amide bonds. The Bertz CT molecular complexity index is 292. The van der Waals surface area contributed by atoms with Crippen LogP contribution in [0.1, 0.15) is 31.4 Å². The molecule has 2 heteroatoms. The van der Waals surface area contributed by atoms with Crippen LogP contribution in [0.3, 0.4) is 0 Å². The second kappa shape index (κ2) is 1.77. The number of aromatic amines is 1. The van der Waals surface area contributed by atoms with Crippen molar-refractivity contribution in [2.75, 3.05) is 0 Å². The molecule has 0 aromatic carbocycles. The van der Waals surface area contributed by atoms with Crippen molar-refractivity contribution in [1.29, 1.82) is 0 Å². The lowest BCUT2D eigenvalue weighted by Crippen LogP contribution is -2.37. The molecule has 3 N–H and O–H groups in total. The number of hydrogen-bond donors (Lipinski definition) is 2. The van der Waals surface area contributed by atoms with Crippen molar-refractivity contribution in [2.45, 2.75) is 36.6 Å². The van der Waals surface area contributed by atoms with Crippen LogP contribution in [-0.2, 0) is 5.41 Å². The molecule has 64 valence electrons. The van der Waals surface area contributed by atoms with E-state index in [2.05, 4.69) is 17.1 Å². The largest absolute Gasteiger partial charge is 0.364 e. The third kappa shape index (κ3) is 0.643. The smallest absolute Gasteiger partial charge is 0.0284 e. The average molecular weight is 162 g/mol. The number of rotatable bonds is 2. The SMILES string of the molecule is NC1(C2(c3ccc[nH]3)CC2)CC1. The Labute approximate surface area is 72.2 Å². The summed E-state index contributed by atoms with van der Waals surface area (Å²) in [5, 5.41) is 0. The van der Waals surface area contributed by atoms with Crippen molar-refractivity contribution in [1.82, 2.24) is 4.98 Å². The molecule has 1 aromatic rings. The zero-order valence-corrected chi connectivity index (χ0v) is 7.14. The summed E-state index contributed by atoms with van der Waals surface area (Å²) < 4.78 is 0. The number of aromatic nitrogens is 1. The summed E-state index contributed by atoms with van der Waals surface area (Å²) in [5.41, 5.74) is 8.12. The van der Waals surface area contributed by atoms with Crippen molar-refractivity contribution in [3.63, 3.8) is 0 Å². The predicted octanol–water partition coefficient (Wildman–Crippen LogP) is 1.54. The van der Waals surface area contributed by atoms with Crippen LogP contribution in [0, 0.1) is 0 Å². The maximum Gasteiger partial charge on any atom is 0.0284 e. The molecule has 0 unspecified atom stereocenters. The maximum atomic E-state index is 6.26. The Morgan fingerprint density at radius 3 is 2.42 bits per heavy atom. The number of nitrogens with one attached hydrogen (secondary N) is 1. The normalized spacial score (nSPS) is 28.4. The Hall–Kier alpha value is -0.760. The zero-order valence-electron chi connectivity index (χ0n) is 7.14. The molecular formula is C10H14N2. The van der Waals surface area contributed by atoms with Crippen LogP contribution in [0.4, 0.5) is 0 Å². The molecule has 0 spiro atoms. The van der Waals surface area contributed by atoms with E-state index in [9.17, 15) is 0 Å². The van der Waals surface area contributed by atoms with E-state index in [1.54, 1.807) is 0 Å². The molecule has 2 aliphatic rings. The molecule has 2 fully saturated rings. The van der Waals surface area contributed by atoms with Gasteiger partial charge in [-0.3, -0.25) is 0 Å². The van der Waals surface area contributed by atoms with Gasteiger partial charge in [-0.25, -0.2) is 0 Å². The lowest BCUT2D eigenvalue weighted by molar-refractivity contribution is 0.493. The van der Waals surface area contributed by atoms with E-state index in [1.807, 2.05) is 6.20 Å². The van der Waals surface area contributed by atoms with Crippen LogP contribution in [0.25, 0.3) is 0 Å². The molecule has 1 heterocycles. The summed E-state index contributed by atoms with van der Waals surface area (Å²) in [5.74, 6) is 0. The minimum absolute atomic E-state index is 0.151. The van der Waals surface area contributed by atoms with Gasteiger partial charge >= 0.3 is 0 Å². The summed E-state index contributed by atoms with van der Waals surface area (Å²) >= 11 is 0. The van der Waals surface area contributed by atoms with E-state index in [1.165, 1.54) is 31.4 Å². The fourth-order valence-corrected chi connectivity index (χ4v) is 2.40. The molecule has 0 aliphatic heterocycles. The first-order valence-corrected chi connectivity index (χ1v) is 4.70. The van der Waals surface area contributed by atoms with Crippen LogP contribution in [0.15, 0.2) is 18.3 Å². The second-order valence-corrected chi connectivity index (χ2v) is 4.32. The molecule has 0 bridgehead atoms. The summed E-state index contributed by atoms with van der Waals surface area (Å²) in [7, 11) is 0. The zero-order chi connectivity index (χ0) is 8.23. The number of nitrogens with two attached hydrogens (primary N) is 1. The molecule has 0 atom stereocenters. The Balaban J connectivity index is 2.02. The molecule has 0 radical (unpaired) electrons. The average Bonchev–Trinajstić information content (AvgIpc) is 2.96. The van der Waals surface area contributed by atoms with Gasteiger partial charge in [0.05, 0.1) is 0 Å². The highest BCUT2D eigenvalue weighted by Gasteiger charge is 2.64. The van der Waals surface area contributed by atoms with Crippen molar-refractivity contribution in [2.24, 2.45) is 5.73 Å². The molecule has 0 saturated heterocycles. The first-order valence-electron chi connectivity index (χ1n) is 4.70. The summed E-state index contributed by atoms with van der Waals surface area (Å²) in [6, 6.07) is 4.25. The molecule has 2 nitrogen and oxygen atoms in total. The van der Waals surface area contributed by atoms with Crippen LogP contribution < -0.4 is 5.73 Å². The highest BCUT2D eigenvalue weighted by molar-refractivity contribution is 5.36. The molecule has 2 aliphatic carbocycles. The van der Waals surface area contributed by atoms with Gasteiger partial charge in [0.2, 0.25) is 0 Å². The topological polar surface area (TPSA) is 41.8 Å². The van der Waals surface area contributed by atoms with E-state index < -0.39 is 0 Å². The quantitative estimate of drug-likeness (QED) is 0.680. The standard InChI is InChI=1S/C10H14N2/c11-10(5-6-10)9(3-4-9)8-2-1-7-12-8/h1-2,7,12H,3-6,11H2. The number of H-pyrrole nitrogens is 1. The summed E-state index contributed by atoms with van der Waals surface area (Å²) in [6.45, 7) is 0. The first kappa shape index (κ1) is 6.72. The van der Waals surface area contributed by atoms with Gasteiger partial charge in [-0.05, 0) is 37.8 Å². The molecule has 2 saturated carbocycles. The summed E-state index contributed by atoms with van der Waals surface area (Å²) in [4.78, 5) is 3.31. The van der Waals surface area contributed by atoms with Crippen molar-refractivity contribution in [3.8, 4) is 0 Å². The minimum Gasteiger partial charge on any atom is -0.364 e. The van der Waals surface area contributed by atoms with Gasteiger partial charge in [-0.1, -0.05) is 0 Å². The van der Waals surface area contributed by atoms with Crippen molar-refractivity contribution in [3.05, 3.63) is 24.0 Å². The fourth-order valence-electron chi connectivity index (χ4n) is 2.40. The Morgan fingerprint density at radius 1 is 1.25 bits per heavy atom. The second-order valence-electron chi connectivity index (χ2n) is 4.32. The lowest BCUT2D eigenvalue weighted by atomic mass is 9.91. The van der Waals surface area contributed by atoms with E-state index >= 15 is 0 Å². The summed E-state index contributed by atoms with van der Waals surface area (Å²) in [6.07, 6.45) is 6.99. The van der Waals surface area contributed by atoms with Gasteiger partial charge in [0.1, 0.15) is 0 Å². The number of hydrogen-bond acceptors (Lipinski definition) is 1. The third-order valence-corrected chi connectivity index (χ3v) is 3.61. The van der Waals surface area contributed by atoms with Gasteiger partial charge in [0, 0.05) is 22.8 Å².